The molecule has 1 aliphatic heterocycles. The van der Waals surface area contributed by atoms with Gasteiger partial charge in [0, 0.05) is 12.6 Å². The van der Waals surface area contributed by atoms with Crippen molar-refractivity contribution in [2.75, 3.05) is 26.7 Å². The largest absolute Gasteiger partial charge is 0.484 e. The normalized spacial score (nSPS) is 16.9. The summed E-state index contributed by atoms with van der Waals surface area (Å²) in [5, 5.41) is 3.02. The fraction of sp³-hybridized carbons (Fsp3) is 0.533. The molecular weight excluding hydrogens is 254 g/mol. The highest BCUT2D eigenvalue weighted by molar-refractivity contribution is 5.77. The summed E-state index contributed by atoms with van der Waals surface area (Å²) in [4.78, 5) is 14.1. The second-order valence-electron chi connectivity index (χ2n) is 5.28. The Hall–Kier alpha value is -1.59. The number of carbonyl (C=O) groups is 1. The van der Waals surface area contributed by atoms with E-state index >= 15 is 0 Å². The number of ether oxygens (including phenoxy) is 1. The van der Waals surface area contributed by atoms with Crippen LogP contribution < -0.4 is 15.8 Å². The fourth-order valence-corrected chi connectivity index (χ4v) is 2.29. The smallest absolute Gasteiger partial charge is 0.258 e. The molecule has 0 unspecified atom stereocenters. The lowest BCUT2D eigenvalue weighted by molar-refractivity contribution is -0.124. The van der Waals surface area contributed by atoms with Crippen LogP contribution >= 0.6 is 0 Å². The number of amides is 1. The van der Waals surface area contributed by atoms with Gasteiger partial charge < -0.3 is 20.7 Å². The zero-order chi connectivity index (χ0) is 14.4. The molecule has 0 spiro atoms. The molecule has 20 heavy (non-hydrogen) atoms. The second-order valence-corrected chi connectivity index (χ2v) is 5.28. The van der Waals surface area contributed by atoms with Crippen molar-refractivity contribution in [3.05, 3.63) is 29.8 Å². The summed E-state index contributed by atoms with van der Waals surface area (Å²) in [6, 6.07) is 7.77. The Labute approximate surface area is 120 Å². The van der Waals surface area contributed by atoms with Crippen LogP contribution in [-0.2, 0) is 11.3 Å². The summed E-state index contributed by atoms with van der Waals surface area (Å²) in [5.41, 5.74) is 6.58. The van der Waals surface area contributed by atoms with Gasteiger partial charge in [-0.25, -0.2) is 0 Å². The molecule has 1 fully saturated rings. The monoisotopic (exact) mass is 277 g/mol. The van der Waals surface area contributed by atoms with Gasteiger partial charge in [-0.15, -0.1) is 0 Å². The van der Waals surface area contributed by atoms with Crippen molar-refractivity contribution in [1.29, 1.82) is 0 Å². The van der Waals surface area contributed by atoms with Crippen LogP contribution in [0, 0.1) is 0 Å². The zero-order valence-corrected chi connectivity index (χ0v) is 12.0. The summed E-state index contributed by atoms with van der Waals surface area (Å²) >= 11 is 0. The number of likely N-dealkylation sites (tertiary alicyclic amines) is 1. The lowest BCUT2D eigenvalue weighted by Crippen LogP contribution is -2.44. The van der Waals surface area contributed by atoms with E-state index in [-0.39, 0.29) is 18.6 Å². The van der Waals surface area contributed by atoms with E-state index in [1.54, 1.807) is 0 Å². The van der Waals surface area contributed by atoms with Crippen molar-refractivity contribution in [3.8, 4) is 5.75 Å². The summed E-state index contributed by atoms with van der Waals surface area (Å²) in [7, 11) is 2.10. The molecule has 0 atom stereocenters. The fourth-order valence-electron chi connectivity index (χ4n) is 2.29. The number of hydrogen-bond donors (Lipinski definition) is 2. The molecule has 110 valence electrons. The van der Waals surface area contributed by atoms with Gasteiger partial charge in [0.05, 0.1) is 0 Å². The number of piperidine rings is 1. The quantitative estimate of drug-likeness (QED) is 0.833. The molecule has 1 amide bonds. The van der Waals surface area contributed by atoms with Crippen LogP contribution in [0.4, 0.5) is 0 Å². The van der Waals surface area contributed by atoms with Gasteiger partial charge >= 0.3 is 0 Å². The van der Waals surface area contributed by atoms with E-state index in [4.69, 9.17) is 10.5 Å². The Morgan fingerprint density at radius 1 is 1.35 bits per heavy atom. The number of rotatable bonds is 5. The van der Waals surface area contributed by atoms with Crippen LogP contribution in [0.15, 0.2) is 24.3 Å². The maximum absolute atomic E-state index is 11.8. The van der Waals surface area contributed by atoms with Gasteiger partial charge in [-0.05, 0) is 50.7 Å². The topological polar surface area (TPSA) is 67.6 Å². The third-order valence-corrected chi connectivity index (χ3v) is 3.61. The van der Waals surface area contributed by atoms with Crippen molar-refractivity contribution < 1.29 is 9.53 Å². The van der Waals surface area contributed by atoms with Gasteiger partial charge in [0.15, 0.2) is 6.61 Å². The molecule has 0 radical (unpaired) electrons. The minimum absolute atomic E-state index is 0.0533. The zero-order valence-electron chi connectivity index (χ0n) is 12.0. The Bertz CT molecular complexity index is 425. The Balaban J connectivity index is 1.71. The Morgan fingerprint density at radius 2 is 2.00 bits per heavy atom. The number of benzene rings is 1. The minimum Gasteiger partial charge on any atom is -0.484 e. The molecule has 0 saturated carbocycles. The van der Waals surface area contributed by atoms with Crippen LogP contribution in [-0.4, -0.2) is 43.6 Å². The third kappa shape index (κ3) is 4.51. The predicted molar refractivity (Wildman–Crippen MR) is 78.5 cm³/mol. The van der Waals surface area contributed by atoms with E-state index in [0.29, 0.717) is 12.3 Å². The van der Waals surface area contributed by atoms with Gasteiger partial charge in [-0.3, -0.25) is 4.79 Å². The molecule has 5 heteroatoms. The first-order chi connectivity index (χ1) is 9.67. The van der Waals surface area contributed by atoms with Crippen LogP contribution in [0.25, 0.3) is 0 Å². The number of nitrogens with zero attached hydrogens (tertiary/aromatic N) is 1. The maximum atomic E-state index is 11.8. The van der Waals surface area contributed by atoms with E-state index in [9.17, 15) is 4.79 Å². The molecule has 3 N–H and O–H groups in total. The summed E-state index contributed by atoms with van der Waals surface area (Å²) < 4.78 is 5.47. The van der Waals surface area contributed by atoms with Crippen molar-refractivity contribution >= 4 is 5.91 Å². The number of hydrogen-bond acceptors (Lipinski definition) is 4. The lowest BCUT2D eigenvalue weighted by atomic mass is 10.1. The van der Waals surface area contributed by atoms with E-state index in [0.717, 1.165) is 31.5 Å². The molecule has 1 aromatic carbocycles. The molecule has 1 aromatic rings. The van der Waals surface area contributed by atoms with Crippen LogP contribution in [0.3, 0.4) is 0 Å². The van der Waals surface area contributed by atoms with Crippen molar-refractivity contribution in [1.82, 2.24) is 10.2 Å². The Morgan fingerprint density at radius 3 is 2.60 bits per heavy atom. The number of carbonyl (C=O) groups excluding carboxylic acids is 1. The van der Waals surface area contributed by atoms with Gasteiger partial charge in [0.1, 0.15) is 5.75 Å². The molecule has 5 nitrogen and oxygen atoms in total. The SMILES string of the molecule is CN1CCC(NC(=O)COc2ccc(CN)cc2)CC1. The summed E-state index contributed by atoms with van der Waals surface area (Å²) in [6.45, 7) is 2.64. The highest BCUT2D eigenvalue weighted by Gasteiger charge is 2.18. The van der Waals surface area contributed by atoms with Gasteiger partial charge in [0.2, 0.25) is 0 Å². The minimum atomic E-state index is -0.0533. The lowest BCUT2D eigenvalue weighted by Gasteiger charge is -2.29. The molecular formula is C15H23N3O2. The standard InChI is InChI=1S/C15H23N3O2/c1-18-8-6-13(7-9-18)17-15(19)11-20-14-4-2-12(10-16)3-5-14/h2-5,13H,6-11,16H2,1H3,(H,17,19). The Kier molecular flexibility index (Phi) is 5.38. The molecule has 0 aromatic heterocycles. The summed E-state index contributed by atoms with van der Waals surface area (Å²) in [6.07, 6.45) is 2.01. The average molecular weight is 277 g/mol. The van der Waals surface area contributed by atoms with Crippen molar-refractivity contribution in [2.24, 2.45) is 5.73 Å². The average Bonchev–Trinajstić information content (AvgIpc) is 2.48. The molecule has 1 heterocycles. The molecule has 2 rings (SSSR count). The first-order valence-corrected chi connectivity index (χ1v) is 7.07. The molecule has 1 aliphatic rings. The van der Waals surface area contributed by atoms with Crippen LogP contribution in [0.5, 0.6) is 5.75 Å². The van der Waals surface area contributed by atoms with Gasteiger partial charge in [-0.2, -0.15) is 0 Å². The van der Waals surface area contributed by atoms with E-state index < -0.39 is 0 Å². The maximum Gasteiger partial charge on any atom is 0.258 e. The van der Waals surface area contributed by atoms with E-state index in [1.807, 2.05) is 24.3 Å². The highest BCUT2D eigenvalue weighted by atomic mass is 16.5. The first-order valence-electron chi connectivity index (χ1n) is 7.07. The van der Waals surface area contributed by atoms with Crippen molar-refractivity contribution in [2.45, 2.75) is 25.4 Å². The van der Waals surface area contributed by atoms with E-state index in [1.165, 1.54) is 0 Å². The van der Waals surface area contributed by atoms with Crippen LogP contribution in [0.1, 0.15) is 18.4 Å². The van der Waals surface area contributed by atoms with E-state index in [2.05, 4.69) is 17.3 Å². The van der Waals surface area contributed by atoms with Crippen molar-refractivity contribution in [3.63, 3.8) is 0 Å². The van der Waals surface area contributed by atoms with Gasteiger partial charge in [-0.1, -0.05) is 12.1 Å². The van der Waals surface area contributed by atoms with Crippen LogP contribution in [0.2, 0.25) is 0 Å². The van der Waals surface area contributed by atoms with Gasteiger partial charge in [0.25, 0.3) is 5.91 Å². The first kappa shape index (κ1) is 14.8. The number of nitrogens with one attached hydrogen (secondary N) is 1. The molecule has 1 saturated heterocycles. The second kappa shape index (κ2) is 7.26. The number of nitrogens with two attached hydrogens (primary N) is 1. The highest BCUT2D eigenvalue weighted by Crippen LogP contribution is 2.12. The predicted octanol–water partition coefficient (Wildman–Crippen LogP) is 0.735. The summed E-state index contributed by atoms with van der Waals surface area (Å²) in [5.74, 6) is 0.642. The third-order valence-electron chi connectivity index (χ3n) is 3.61. The molecule has 0 bridgehead atoms. The molecule has 0 aliphatic carbocycles.